The van der Waals surface area contributed by atoms with Crippen molar-refractivity contribution in [1.29, 1.82) is 0 Å². The highest BCUT2D eigenvalue weighted by molar-refractivity contribution is 5.98. The molecule has 0 fully saturated rings. The Bertz CT molecular complexity index is 1000. The molecule has 0 bridgehead atoms. The van der Waals surface area contributed by atoms with Crippen LogP contribution in [0, 0.1) is 0 Å². The summed E-state index contributed by atoms with van der Waals surface area (Å²) in [6.45, 7) is 4.11. The predicted octanol–water partition coefficient (Wildman–Crippen LogP) is 4.37. The standard InChI is InChI=1S/C25H26N2O4/c1-3-17-30-23-12-8-7-11-22(23)25(29)27-26-24(28)18(2)31-21-15-13-20(14-16-21)19-9-5-4-6-10-19/h4-16,18H,3,17H2,1-2H3,(H,26,28)(H,27,29)/t18-/m0/s1. The predicted molar refractivity (Wildman–Crippen MR) is 120 cm³/mol. The largest absolute Gasteiger partial charge is 0.493 e. The van der Waals surface area contributed by atoms with E-state index in [9.17, 15) is 9.59 Å². The molecule has 3 rings (SSSR count). The molecule has 0 spiro atoms. The van der Waals surface area contributed by atoms with E-state index in [-0.39, 0.29) is 0 Å². The van der Waals surface area contributed by atoms with Crippen LogP contribution in [0.15, 0.2) is 78.9 Å². The summed E-state index contributed by atoms with van der Waals surface area (Å²) in [5, 5.41) is 0. The van der Waals surface area contributed by atoms with E-state index in [4.69, 9.17) is 9.47 Å². The average Bonchev–Trinajstić information content (AvgIpc) is 2.82. The zero-order chi connectivity index (χ0) is 22.1. The molecule has 0 unspecified atom stereocenters. The topological polar surface area (TPSA) is 76.7 Å². The van der Waals surface area contributed by atoms with Crippen LogP contribution in [0.3, 0.4) is 0 Å². The summed E-state index contributed by atoms with van der Waals surface area (Å²) < 4.78 is 11.3. The number of hydrogen-bond donors (Lipinski definition) is 2. The number of para-hydroxylation sites is 1. The second kappa shape index (κ2) is 10.8. The number of ether oxygens (including phenoxy) is 2. The Morgan fingerprint density at radius 1 is 0.839 bits per heavy atom. The normalized spacial score (nSPS) is 11.3. The Labute approximate surface area is 182 Å². The number of amides is 2. The number of nitrogens with one attached hydrogen (secondary N) is 2. The van der Waals surface area contributed by atoms with Gasteiger partial charge < -0.3 is 9.47 Å². The maximum Gasteiger partial charge on any atom is 0.279 e. The number of hydrogen-bond acceptors (Lipinski definition) is 4. The number of carbonyl (C=O) groups is 2. The fraction of sp³-hybridized carbons (Fsp3) is 0.200. The van der Waals surface area contributed by atoms with Crippen LogP contribution >= 0.6 is 0 Å². The van der Waals surface area contributed by atoms with E-state index in [1.54, 1.807) is 31.2 Å². The molecule has 160 valence electrons. The minimum Gasteiger partial charge on any atom is -0.493 e. The van der Waals surface area contributed by atoms with Gasteiger partial charge in [-0.3, -0.25) is 20.4 Å². The van der Waals surface area contributed by atoms with Crippen molar-refractivity contribution in [3.63, 3.8) is 0 Å². The summed E-state index contributed by atoms with van der Waals surface area (Å²) in [7, 11) is 0. The van der Waals surface area contributed by atoms with Crippen molar-refractivity contribution in [2.75, 3.05) is 6.61 Å². The minimum absolute atomic E-state index is 0.348. The zero-order valence-corrected chi connectivity index (χ0v) is 17.6. The summed E-state index contributed by atoms with van der Waals surface area (Å²) in [6.07, 6.45) is 0.0305. The molecule has 3 aromatic rings. The van der Waals surface area contributed by atoms with Crippen LogP contribution in [0.25, 0.3) is 11.1 Å². The van der Waals surface area contributed by atoms with E-state index >= 15 is 0 Å². The molecule has 0 saturated heterocycles. The van der Waals surface area contributed by atoms with Crippen molar-refractivity contribution in [3.8, 4) is 22.6 Å². The smallest absolute Gasteiger partial charge is 0.279 e. The lowest BCUT2D eigenvalue weighted by atomic mass is 10.1. The molecule has 3 aromatic carbocycles. The molecule has 0 heterocycles. The van der Waals surface area contributed by atoms with Gasteiger partial charge >= 0.3 is 0 Å². The molecular weight excluding hydrogens is 392 g/mol. The van der Waals surface area contributed by atoms with E-state index in [1.165, 1.54) is 0 Å². The van der Waals surface area contributed by atoms with Crippen LogP contribution in [0.5, 0.6) is 11.5 Å². The summed E-state index contributed by atoms with van der Waals surface area (Å²) in [6, 6.07) is 24.4. The van der Waals surface area contributed by atoms with Gasteiger partial charge in [0.1, 0.15) is 11.5 Å². The van der Waals surface area contributed by atoms with E-state index in [0.717, 1.165) is 17.5 Å². The van der Waals surface area contributed by atoms with E-state index < -0.39 is 17.9 Å². The third-order valence-corrected chi connectivity index (χ3v) is 4.54. The van der Waals surface area contributed by atoms with Crippen LogP contribution in [0.1, 0.15) is 30.6 Å². The Balaban J connectivity index is 1.53. The van der Waals surface area contributed by atoms with Gasteiger partial charge in [-0.15, -0.1) is 0 Å². The molecule has 2 amide bonds. The van der Waals surface area contributed by atoms with Crippen molar-refractivity contribution >= 4 is 11.8 Å². The Hall–Kier alpha value is -3.80. The quantitative estimate of drug-likeness (QED) is 0.533. The van der Waals surface area contributed by atoms with Gasteiger partial charge in [-0.05, 0) is 48.7 Å². The van der Waals surface area contributed by atoms with Gasteiger partial charge in [0, 0.05) is 0 Å². The average molecular weight is 418 g/mol. The summed E-state index contributed by atoms with van der Waals surface area (Å²) in [5.74, 6) is 0.109. The molecule has 0 aliphatic rings. The fourth-order valence-corrected chi connectivity index (χ4v) is 2.89. The van der Waals surface area contributed by atoms with Crippen LogP contribution in [-0.2, 0) is 4.79 Å². The van der Waals surface area contributed by atoms with Gasteiger partial charge in [0.05, 0.1) is 12.2 Å². The molecule has 0 aliphatic carbocycles. The van der Waals surface area contributed by atoms with Crippen molar-refractivity contribution in [3.05, 3.63) is 84.4 Å². The molecule has 0 aromatic heterocycles. The molecule has 1 atom stereocenters. The van der Waals surface area contributed by atoms with E-state index in [2.05, 4.69) is 10.9 Å². The minimum atomic E-state index is -0.797. The Morgan fingerprint density at radius 3 is 2.19 bits per heavy atom. The third kappa shape index (κ3) is 6.09. The first kappa shape index (κ1) is 21.9. The first-order valence-electron chi connectivity index (χ1n) is 10.2. The monoisotopic (exact) mass is 418 g/mol. The van der Waals surface area contributed by atoms with Gasteiger partial charge in [0.15, 0.2) is 6.10 Å². The Morgan fingerprint density at radius 2 is 1.48 bits per heavy atom. The van der Waals surface area contributed by atoms with Crippen molar-refractivity contribution in [1.82, 2.24) is 10.9 Å². The molecule has 6 heteroatoms. The number of carbonyl (C=O) groups excluding carboxylic acids is 2. The van der Waals surface area contributed by atoms with Gasteiger partial charge in [0.25, 0.3) is 11.8 Å². The zero-order valence-electron chi connectivity index (χ0n) is 17.6. The fourth-order valence-electron chi connectivity index (χ4n) is 2.89. The van der Waals surface area contributed by atoms with Gasteiger partial charge in [0.2, 0.25) is 0 Å². The first-order chi connectivity index (χ1) is 15.1. The van der Waals surface area contributed by atoms with Crippen LogP contribution in [0.4, 0.5) is 0 Å². The first-order valence-corrected chi connectivity index (χ1v) is 10.2. The van der Waals surface area contributed by atoms with Crippen LogP contribution < -0.4 is 20.3 Å². The van der Waals surface area contributed by atoms with Crippen molar-refractivity contribution in [2.45, 2.75) is 26.4 Å². The van der Waals surface area contributed by atoms with Crippen LogP contribution in [0.2, 0.25) is 0 Å². The lowest BCUT2D eigenvalue weighted by Gasteiger charge is -2.16. The lowest BCUT2D eigenvalue weighted by Crippen LogP contribution is -2.47. The highest BCUT2D eigenvalue weighted by Crippen LogP contribution is 2.22. The number of rotatable bonds is 8. The second-order valence-electron chi connectivity index (χ2n) is 6.94. The van der Waals surface area contributed by atoms with Crippen LogP contribution in [-0.4, -0.2) is 24.5 Å². The van der Waals surface area contributed by atoms with E-state index in [1.807, 2.05) is 61.5 Å². The SMILES string of the molecule is CCCOc1ccccc1C(=O)NNC(=O)[C@H](C)Oc1ccc(-c2ccccc2)cc1. The molecule has 0 radical (unpaired) electrons. The second-order valence-corrected chi connectivity index (χ2v) is 6.94. The Kier molecular flexibility index (Phi) is 7.65. The number of benzene rings is 3. The highest BCUT2D eigenvalue weighted by Gasteiger charge is 2.17. The maximum atomic E-state index is 12.4. The molecule has 0 aliphatic heterocycles. The summed E-state index contributed by atoms with van der Waals surface area (Å²) >= 11 is 0. The molecule has 6 nitrogen and oxygen atoms in total. The van der Waals surface area contributed by atoms with E-state index in [0.29, 0.717) is 23.7 Å². The molecule has 31 heavy (non-hydrogen) atoms. The summed E-state index contributed by atoms with van der Waals surface area (Å²) in [5.41, 5.74) is 7.32. The third-order valence-electron chi connectivity index (χ3n) is 4.54. The molecule has 0 saturated carbocycles. The molecule has 2 N–H and O–H groups in total. The van der Waals surface area contributed by atoms with Gasteiger partial charge in [-0.1, -0.05) is 61.5 Å². The van der Waals surface area contributed by atoms with Gasteiger partial charge in [-0.25, -0.2) is 0 Å². The van der Waals surface area contributed by atoms with Gasteiger partial charge in [-0.2, -0.15) is 0 Å². The summed E-state index contributed by atoms with van der Waals surface area (Å²) in [4.78, 5) is 24.8. The molecular formula is C25H26N2O4. The maximum absolute atomic E-state index is 12.4. The lowest BCUT2D eigenvalue weighted by molar-refractivity contribution is -0.128. The number of hydrazine groups is 1. The highest BCUT2D eigenvalue weighted by atomic mass is 16.5. The van der Waals surface area contributed by atoms with Crippen molar-refractivity contribution in [2.24, 2.45) is 0 Å². The van der Waals surface area contributed by atoms with Crippen molar-refractivity contribution < 1.29 is 19.1 Å².